The molecule has 0 saturated heterocycles. The minimum absolute atomic E-state index is 0.152. The van der Waals surface area contributed by atoms with Crippen LogP contribution < -0.4 is 5.32 Å². The Morgan fingerprint density at radius 1 is 1.35 bits per heavy atom. The average Bonchev–Trinajstić information content (AvgIpc) is 2.52. The molecule has 1 aliphatic carbocycles. The SMILES string of the molecule is CC1CCCC(NC(=O)COC(=O)c2cc(Br)ccc2Cl)C1C. The molecule has 0 heterocycles. The van der Waals surface area contributed by atoms with Crippen molar-refractivity contribution in [3.05, 3.63) is 33.3 Å². The maximum Gasteiger partial charge on any atom is 0.340 e. The lowest BCUT2D eigenvalue weighted by Gasteiger charge is -2.34. The van der Waals surface area contributed by atoms with Crippen LogP contribution in [0.2, 0.25) is 5.02 Å². The number of ether oxygens (including phenoxy) is 1. The second-order valence-electron chi connectivity index (χ2n) is 6.14. The monoisotopic (exact) mass is 401 g/mol. The summed E-state index contributed by atoms with van der Waals surface area (Å²) in [4.78, 5) is 24.0. The van der Waals surface area contributed by atoms with E-state index in [2.05, 4.69) is 35.1 Å². The standard InChI is InChI=1S/C17H21BrClNO3/c1-10-4-3-5-15(11(10)2)20-16(21)9-23-17(22)13-8-12(18)6-7-14(13)19/h6-8,10-11,15H,3-5,9H2,1-2H3,(H,20,21). The molecule has 6 heteroatoms. The van der Waals surface area contributed by atoms with Gasteiger partial charge in [0.25, 0.3) is 5.91 Å². The molecule has 1 aromatic carbocycles. The Morgan fingerprint density at radius 3 is 2.83 bits per heavy atom. The largest absolute Gasteiger partial charge is 0.452 e. The molecule has 3 unspecified atom stereocenters. The maximum absolute atomic E-state index is 12.0. The third kappa shape index (κ3) is 4.95. The summed E-state index contributed by atoms with van der Waals surface area (Å²) < 4.78 is 5.80. The van der Waals surface area contributed by atoms with Crippen LogP contribution in [0, 0.1) is 11.8 Å². The van der Waals surface area contributed by atoms with Gasteiger partial charge in [-0.15, -0.1) is 0 Å². The van der Waals surface area contributed by atoms with E-state index in [9.17, 15) is 9.59 Å². The van der Waals surface area contributed by atoms with E-state index in [-0.39, 0.29) is 24.1 Å². The smallest absolute Gasteiger partial charge is 0.340 e. The second kappa shape index (κ2) is 8.15. The van der Waals surface area contributed by atoms with Gasteiger partial charge in [-0.05, 0) is 36.5 Å². The Morgan fingerprint density at radius 2 is 2.09 bits per heavy atom. The number of hydrogen-bond donors (Lipinski definition) is 1. The topological polar surface area (TPSA) is 55.4 Å². The number of carbonyl (C=O) groups is 2. The average molecular weight is 403 g/mol. The summed E-state index contributed by atoms with van der Waals surface area (Å²) >= 11 is 9.25. The molecule has 23 heavy (non-hydrogen) atoms. The Balaban J connectivity index is 1.86. The van der Waals surface area contributed by atoms with Crippen LogP contribution in [0.15, 0.2) is 22.7 Å². The van der Waals surface area contributed by atoms with Crippen molar-refractivity contribution in [1.82, 2.24) is 5.32 Å². The van der Waals surface area contributed by atoms with Crippen molar-refractivity contribution in [3.63, 3.8) is 0 Å². The lowest BCUT2D eigenvalue weighted by atomic mass is 9.78. The van der Waals surface area contributed by atoms with Crippen molar-refractivity contribution >= 4 is 39.4 Å². The molecule has 0 radical (unpaired) electrons. The van der Waals surface area contributed by atoms with E-state index in [1.54, 1.807) is 18.2 Å². The van der Waals surface area contributed by atoms with Crippen LogP contribution in [0.5, 0.6) is 0 Å². The van der Waals surface area contributed by atoms with Gasteiger partial charge in [0.05, 0.1) is 10.6 Å². The Labute approximate surface area is 150 Å². The predicted molar refractivity (Wildman–Crippen MR) is 93.5 cm³/mol. The van der Waals surface area contributed by atoms with Crippen LogP contribution in [0.4, 0.5) is 0 Å². The summed E-state index contributed by atoms with van der Waals surface area (Å²) in [5, 5.41) is 3.27. The number of nitrogens with one attached hydrogen (secondary N) is 1. The van der Waals surface area contributed by atoms with Crippen molar-refractivity contribution in [2.45, 2.75) is 39.2 Å². The van der Waals surface area contributed by atoms with Crippen LogP contribution in [0.3, 0.4) is 0 Å². The summed E-state index contributed by atoms with van der Waals surface area (Å²) in [5.41, 5.74) is 0.244. The predicted octanol–water partition coefficient (Wildman–Crippen LogP) is 4.20. The molecule has 1 aliphatic rings. The summed E-state index contributed by atoms with van der Waals surface area (Å²) in [6.07, 6.45) is 3.29. The number of benzene rings is 1. The highest BCUT2D eigenvalue weighted by Gasteiger charge is 2.28. The van der Waals surface area contributed by atoms with E-state index in [0.717, 1.165) is 17.3 Å². The molecule has 3 atom stereocenters. The molecule has 0 aliphatic heterocycles. The molecule has 1 aromatic rings. The zero-order chi connectivity index (χ0) is 17.0. The number of amides is 1. The molecule has 1 saturated carbocycles. The van der Waals surface area contributed by atoms with Crippen molar-refractivity contribution in [3.8, 4) is 0 Å². The van der Waals surface area contributed by atoms with Gasteiger partial charge in [-0.1, -0.05) is 54.2 Å². The fourth-order valence-electron chi connectivity index (χ4n) is 2.90. The minimum atomic E-state index is -0.600. The fraction of sp³-hybridized carbons (Fsp3) is 0.529. The normalized spacial score (nSPS) is 24.1. The van der Waals surface area contributed by atoms with Crippen LogP contribution >= 0.6 is 27.5 Å². The Kier molecular flexibility index (Phi) is 6.48. The first kappa shape index (κ1) is 18.3. The number of carbonyl (C=O) groups excluding carboxylic acids is 2. The quantitative estimate of drug-likeness (QED) is 0.768. The highest BCUT2D eigenvalue weighted by Crippen LogP contribution is 2.29. The first-order chi connectivity index (χ1) is 10.9. The van der Waals surface area contributed by atoms with E-state index < -0.39 is 5.97 Å². The second-order valence-corrected chi connectivity index (χ2v) is 7.46. The van der Waals surface area contributed by atoms with Gasteiger partial charge in [0, 0.05) is 10.5 Å². The molecule has 4 nitrogen and oxygen atoms in total. The lowest BCUT2D eigenvalue weighted by Crippen LogP contribution is -2.45. The highest BCUT2D eigenvalue weighted by atomic mass is 79.9. The van der Waals surface area contributed by atoms with Gasteiger partial charge in [0.1, 0.15) is 0 Å². The van der Waals surface area contributed by atoms with Crippen LogP contribution in [-0.4, -0.2) is 24.5 Å². The molecule has 0 aromatic heterocycles. The molecular formula is C17H21BrClNO3. The van der Waals surface area contributed by atoms with Crippen LogP contribution in [0.25, 0.3) is 0 Å². The Hall–Kier alpha value is -1.07. The van der Waals surface area contributed by atoms with Crippen molar-refractivity contribution in [2.24, 2.45) is 11.8 Å². The van der Waals surface area contributed by atoms with E-state index in [1.807, 2.05) is 0 Å². The zero-order valence-corrected chi connectivity index (χ0v) is 15.6. The molecule has 0 spiro atoms. The van der Waals surface area contributed by atoms with Crippen molar-refractivity contribution in [1.29, 1.82) is 0 Å². The van der Waals surface area contributed by atoms with E-state index >= 15 is 0 Å². The summed E-state index contributed by atoms with van der Waals surface area (Å²) in [6.45, 7) is 4.07. The summed E-state index contributed by atoms with van der Waals surface area (Å²) in [7, 11) is 0. The molecule has 0 bridgehead atoms. The molecular weight excluding hydrogens is 382 g/mol. The Bertz CT molecular complexity index is 593. The third-order valence-electron chi connectivity index (χ3n) is 4.54. The molecule has 1 N–H and O–H groups in total. The van der Waals surface area contributed by atoms with Gasteiger partial charge in [-0.25, -0.2) is 4.79 Å². The van der Waals surface area contributed by atoms with Crippen molar-refractivity contribution in [2.75, 3.05) is 6.61 Å². The minimum Gasteiger partial charge on any atom is -0.452 e. The van der Waals surface area contributed by atoms with E-state index in [1.165, 1.54) is 6.42 Å². The molecule has 1 amide bonds. The van der Waals surface area contributed by atoms with Gasteiger partial charge in [0.2, 0.25) is 0 Å². The number of rotatable bonds is 4. The molecule has 2 rings (SSSR count). The highest BCUT2D eigenvalue weighted by molar-refractivity contribution is 9.10. The van der Waals surface area contributed by atoms with Gasteiger partial charge < -0.3 is 10.1 Å². The lowest BCUT2D eigenvalue weighted by molar-refractivity contribution is -0.125. The fourth-order valence-corrected chi connectivity index (χ4v) is 3.45. The number of hydrogen-bond acceptors (Lipinski definition) is 3. The first-order valence-electron chi connectivity index (χ1n) is 7.80. The molecule has 126 valence electrons. The summed E-state index contributed by atoms with van der Waals surface area (Å²) in [6, 6.07) is 5.07. The van der Waals surface area contributed by atoms with E-state index in [0.29, 0.717) is 16.9 Å². The van der Waals surface area contributed by atoms with Crippen molar-refractivity contribution < 1.29 is 14.3 Å². The molecule has 1 fully saturated rings. The van der Waals surface area contributed by atoms with Gasteiger partial charge in [-0.2, -0.15) is 0 Å². The van der Waals surface area contributed by atoms with Crippen LogP contribution in [-0.2, 0) is 9.53 Å². The number of halogens is 2. The van der Waals surface area contributed by atoms with Crippen LogP contribution in [0.1, 0.15) is 43.5 Å². The van der Waals surface area contributed by atoms with Gasteiger partial charge >= 0.3 is 5.97 Å². The van der Waals surface area contributed by atoms with E-state index in [4.69, 9.17) is 16.3 Å². The first-order valence-corrected chi connectivity index (χ1v) is 8.97. The summed E-state index contributed by atoms with van der Waals surface area (Å²) in [5.74, 6) is 0.159. The number of esters is 1. The zero-order valence-electron chi connectivity index (χ0n) is 13.3. The van der Waals surface area contributed by atoms with Gasteiger partial charge in [-0.3, -0.25) is 4.79 Å². The maximum atomic E-state index is 12.0. The third-order valence-corrected chi connectivity index (χ3v) is 5.36. The van der Waals surface area contributed by atoms with Gasteiger partial charge in [0.15, 0.2) is 6.61 Å².